The molecule has 2 fully saturated rings. The van der Waals surface area contributed by atoms with Crippen molar-refractivity contribution in [2.75, 3.05) is 19.6 Å². The van der Waals surface area contributed by atoms with Crippen molar-refractivity contribution in [3.05, 3.63) is 0 Å². The minimum atomic E-state index is 0.897. The van der Waals surface area contributed by atoms with Crippen molar-refractivity contribution < 1.29 is 0 Å². The van der Waals surface area contributed by atoms with Crippen molar-refractivity contribution >= 4 is 0 Å². The van der Waals surface area contributed by atoms with E-state index in [0.29, 0.717) is 0 Å². The van der Waals surface area contributed by atoms with Crippen LogP contribution in [0.3, 0.4) is 0 Å². The summed E-state index contributed by atoms with van der Waals surface area (Å²) < 4.78 is 0. The van der Waals surface area contributed by atoms with Crippen molar-refractivity contribution in [2.24, 2.45) is 17.8 Å². The van der Waals surface area contributed by atoms with Crippen LogP contribution in [-0.2, 0) is 0 Å². The van der Waals surface area contributed by atoms with Gasteiger partial charge in [-0.3, -0.25) is 0 Å². The lowest BCUT2D eigenvalue weighted by Gasteiger charge is -2.17. The van der Waals surface area contributed by atoms with Crippen LogP contribution in [0.25, 0.3) is 0 Å². The maximum absolute atomic E-state index is 2.68. The lowest BCUT2D eigenvalue weighted by molar-refractivity contribution is 0.293. The van der Waals surface area contributed by atoms with Gasteiger partial charge in [0, 0.05) is 13.1 Å². The zero-order valence-electron chi connectivity index (χ0n) is 8.42. The quantitative estimate of drug-likeness (QED) is 0.624. The summed E-state index contributed by atoms with van der Waals surface area (Å²) in [5.41, 5.74) is 0. The molecule has 0 aromatic rings. The highest BCUT2D eigenvalue weighted by Crippen LogP contribution is 2.32. The molecule has 1 heteroatoms. The lowest BCUT2D eigenvalue weighted by Crippen LogP contribution is -2.24. The van der Waals surface area contributed by atoms with Crippen molar-refractivity contribution in [1.82, 2.24) is 4.90 Å². The van der Waals surface area contributed by atoms with E-state index in [-0.39, 0.29) is 0 Å². The molecule has 1 aliphatic heterocycles. The van der Waals surface area contributed by atoms with E-state index < -0.39 is 0 Å². The number of nitrogens with zero attached hydrogens (tertiary/aromatic N) is 1. The summed E-state index contributed by atoms with van der Waals surface area (Å²) in [5, 5.41) is 0. The molecule has 1 nitrogen and oxygen atoms in total. The largest absolute Gasteiger partial charge is 0.303 e. The molecule has 1 aliphatic carbocycles. The Morgan fingerprint density at radius 3 is 2.50 bits per heavy atom. The number of likely N-dealkylation sites (tertiary alicyclic amines) is 1. The van der Waals surface area contributed by atoms with Gasteiger partial charge in [-0.15, -0.1) is 0 Å². The van der Waals surface area contributed by atoms with Gasteiger partial charge in [-0.05, 0) is 43.6 Å². The first-order valence-electron chi connectivity index (χ1n) is 5.48. The highest BCUT2D eigenvalue weighted by atomic mass is 15.1. The highest BCUT2D eigenvalue weighted by molar-refractivity contribution is 4.83. The average molecular weight is 167 g/mol. The summed E-state index contributed by atoms with van der Waals surface area (Å²) >= 11 is 0. The van der Waals surface area contributed by atoms with Crippen LogP contribution in [0.1, 0.15) is 33.1 Å². The van der Waals surface area contributed by atoms with Gasteiger partial charge in [0.2, 0.25) is 0 Å². The molecule has 2 rings (SSSR count). The third-order valence-corrected chi connectivity index (χ3v) is 3.46. The van der Waals surface area contributed by atoms with Crippen molar-refractivity contribution in [3.8, 4) is 0 Å². The van der Waals surface area contributed by atoms with Gasteiger partial charge >= 0.3 is 0 Å². The predicted molar refractivity (Wildman–Crippen MR) is 52.1 cm³/mol. The fraction of sp³-hybridized carbons (Fsp3) is 1.00. The Labute approximate surface area is 76.1 Å². The molecule has 70 valence electrons. The molecule has 0 amide bonds. The average Bonchev–Trinajstić information content (AvgIpc) is 2.66. The topological polar surface area (TPSA) is 3.24 Å². The minimum absolute atomic E-state index is 0.897. The summed E-state index contributed by atoms with van der Waals surface area (Å²) in [7, 11) is 0. The Morgan fingerprint density at radius 1 is 1.25 bits per heavy atom. The van der Waals surface area contributed by atoms with Crippen LogP contribution in [0.5, 0.6) is 0 Å². The minimum Gasteiger partial charge on any atom is -0.303 e. The van der Waals surface area contributed by atoms with Gasteiger partial charge < -0.3 is 4.90 Å². The van der Waals surface area contributed by atoms with Gasteiger partial charge in [0.15, 0.2) is 0 Å². The summed E-state index contributed by atoms with van der Waals surface area (Å²) in [4.78, 5) is 2.68. The Morgan fingerprint density at radius 2 is 2.00 bits per heavy atom. The van der Waals surface area contributed by atoms with Crippen LogP contribution in [0.15, 0.2) is 0 Å². The zero-order chi connectivity index (χ0) is 8.55. The lowest BCUT2D eigenvalue weighted by atomic mass is 9.95. The normalized spacial score (nSPS) is 31.8. The Bertz CT molecular complexity index is 149. The first kappa shape index (κ1) is 8.55. The molecule has 0 aromatic heterocycles. The summed E-state index contributed by atoms with van der Waals surface area (Å²) in [6.07, 6.45) is 4.45. The third kappa shape index (κ3) is 2.01. The van der Waals surface area contributed by atoms with Gasteiger partial charge in [-0.25, -0.2) is 0 Å². The molecular weight excluding hydrogens is 146 g/mol. The van der Waals surface area contributed by atoms with Crippen LogP contribution in [0.4, 0.5) is 0 Å². The first-order valence-corrected chi connectivity index (χ1v) is 5.48. The van der Waals surface area contributed by atoms with Crippen molar-refractivity contribution in [3.63, 3.8) is 0 Å². The maximum atomic E-state index is 2.68. The Kier molecular flexibility index (Phi) is 2.40. The second kappa shape index (κ2) is 3.37. The van der Waals surface area contributed by atoms with Gasteiger partial charge in [-0.1, -0.05) is 13.8 Å². The van der Waals surface area contributed by atoms with E-state index in [0.717, 1.165) is 17.8 Å². The Balaban J connectivity index is 1.73. The second-order valence-electron chi connectivity index (χ2n) is 5.00. The third-order valence-electron chi connectivity index (χ3n) is 3.46. The number of hydrogen-bond acceptors (Lipinski definition) is 1. The molecule has 1 unspecified atom stereocenters. The molecule has 1 saturated carbocycles. The summed E-state index contributed by atoms with van der Waals surface area (Å²) in [5.74, 6) is 2.97. The van der Waals surface area contributed by atoms with E-state index in [4.69, 9.17) is 0 Å². The van der Waals surface area contributed by atoms with Crippen LogP contribution in [0.2, 0.25) is 0 Å². The van der Waals surface area contributed by atoms with E-state index >= 15 is 0 Å². The fourth-order valence-electron chi connectivity index (χ4n) is 2.24. The Hall–Kier alpha value is -0.0400. The molecule has 1 saturated heterocycles. The van der Waals surface area contributed by atoms with Gasteiger partial charge in [0.05, 0.1) is 0 Å². The van der Waals surface area contributed by atoms with Crippen LogP contribution < -0.4 is 0 Å². The predicted octanol–water partition coefficient (Wildman–Crippen LogP) is 2.37. The van der Waals surface area contributed by atoms with Crippen molar-refractivity contribution in [1.29, 1.82) is 0 Å². The van der Waals surface area contributed by atoms with Crippen LogP contribution >= 0.6 is 0 Å². The molecule has 0 spiro atoms. The molecule has 0 radical (unpaired) electrons. The van der Waals surface area contributed by atoms with Crippen LogP contribution in [0, 0.1) is 17.8 Å². The molecule has 2 aliphatic rings. The molecule has 12 heavy (non-hydrogen) atoms. The molecule has 1 heterocycles. The molecule has 0 bridgehead atoms. The summed E-state index contributed by atoms with van der Waals surface area (Å²) in [6, 6.07) is 0. The molecule has 0 N–H and O–H groups in total. The van der Waals surface area contributed by atoms with E-state index in [1.54, 1.807) is 0 Å². The fourth-order valence-corrected chi connectivity index (χ4v) is 2.24. The zero-order valence-corrected chi connectivity index (χ0v) is 8.42. The standard InChI is InChI=1S/C11H21N/c1-9(2)11-5-6-12(8-11)7-10-3-4-10/h9-11H,3-8H2,1-2H3. The number of hydrogen-bond donors (Lipinski definition) is 0. The van der Waals surface area contributed by atoms with E-state index in [1.165, 1.54) is 38.9 Å². The smallest absolute Gasteiger partial charge is 0.00127 e. The van der Waals surface area contributed by atoms with Gasteiger partial charge in [0.1, 0.15) is 0 Å². The SMILES string of the molecule is CC(C)C1CCN(CC2CC2)C1. The molecular formula is C11H21N. The molecule has 1 atom stereocenters. The van der Waals surface area contributed by atoms with E-state index in [9.17, 15) is 0 Å². The monoisotopic (exact) mass is 167 g/mol. The highest BCUT2D eigenvalue weighted by Gasteiger charge is 2.29. The summed E-state index contributed by atoms with van der Waals surface area (Å²) in [6.45, 7) is 8.90. The van der Waals surface area contributed by atoms with E-state index in [2.05, 4.69) is 18.7 Å². The number of rotatable bonds is 3. The van der Waals surface area contributed by atoms with Crippen molar-refractivity contribution in [2.45, 2.75) is 33.1 Å². The molecule has 0 aromatic carbocycles. The maximum Gasteiger partial charge on any atom is 0.00127 e. The van der Waals surface area contributed by atoms with Crippen LogP contribution in [-0.4, -0.2) is 24.5 Å². The second-order valence-corrected chi connectivity index (χ2v) is 5.00. The first-order chi connectivity index (χ1) is 5.75. The van der Waals surface area contributed by atoms with Gasteiger partial charge in [-0.2, -0.15) is 0 Å². The van der Waals surface area contributed by atoms with E-state index in [1.807, 2.05) is 0 Å². The van der Waals surface area contributed by atoms with Gasteiger partial charge in [0.25, 0.3) is 0 Å².